The minimum atomic E-state index is -1.15. The summed E-state index contributed by atoms with van der Waals surface area (Å²) in [5.41, 5.74) is 1.31. The zero-order valence-corrected chi connectivity index (χ0v) is 15.9. The van der Waals surface area contributed by atoms with Crippen molar-refractivity contribution in [1.29, 1.82) is 0 Å². The minimum Gasteiger partial charge on any atom is -0.455 e. The Bertz CT molecular complexity index is 979. The van der Waals surface area contributed by atoms with E-state index in [1.807, 2.05) is 0 Å². The fourth-order valence-electron chi connectivity index (χ4n) is 3.55. The maximum atomic E-state index is 13.2. The van der Waals surface area contributed by atoms with Gasteiger partial charge < -0.3 is 9.47 Å². The molecule has 136 valence electrons. The van der Waals surface area contributed by atoms with E-state index in [9.17, 15) is 14.4 Å². The first-order valence-corrected chi connectivity index (χ1v) is 9.28. The smallest absolute Gasteiger partial charge is 0.335 e. The van der Waals surface area contributed by atoms with E-state index in [0.717, 1.165) is 4.47 Å². The van der Waals surface area contributed by atoms with E-state index in [1.54, 1.807) is 61.5 Å². The summed E-state index contributed by atoms with van der Waals surface area (Å²) in [4.78, 5) is 38.4. The highest BCUT2D eigenvalue weighted by Gasteiger charge is 2.47. The summed E-state index contributed by atoms with van der Waals surface area (Å²) in [5.74, 6) is -3.14. The van der Waals surface area contributed by atoms with Crippen LogP contribution in [0.2, 0.25) is 0 Å². The molecule has 0 N–H and O–H groups in total. The molecular formula is C21H15BrO5. The Morgan fingerprint density at radius 1 is 1.07 bits per heavy atom. The lowest BCUT2D eigenvalue weighted by molar-refractivity contribution is -0.140. The standard InChI is InChI=1S/C21H15BrO5/c1-11-9-15(20(24)26-11)17-14-10-13(22)7-8-16(14)27-21(25)18(17)19(23)12-5-3-2-4-6-12/h2-11,17-18H,1H3/t11-,17+,18-/m0/s1. The third-order valence-corrected chi connectivity index (χ3v) is 5.22. The van der Waals surface area contributed by atoms with Crippen molar-refractivity contribution in [2.45, 2.75) is 18.9 Å². The highest BCUT2D eigenvalue weighted by atomic mass is 79.9. The second-order valence-corrected chi connectivity index (χ2v) is 7.44. The van der Waals surface area contributed by atoms with Crippen LogP contribution in [0.25, 0.3) is 0 Å². The number of halogens is 1. The van der Waals surface area contributed by atoms with Gasteiger partial charge in [-0.1, -0.05) is 46.3 Å². The van der Waals surface area contributed by atoms with E-state index in [-0.39, 0.29) is 5.78 Å². The highest BCUT2D eigenvalue weighted by molar-refractivity contribution is 9.10. The zero-order chi connectivity index (χ0) is 19.1. The summed E-state index contributed by atoms with van der Waals surface area (Å²) >= 11 is 3.41. The summed E-state index contributed by atoms with van der Waals surface area (Å²) in [6.07, 6.45) is 1.26. The number of fused-ring (bicyclic) bond motifs is 1. The summed E-state index contributed by atoms with van der Waals surface area (Å²) < 4.78 is 11.4. The third kappa shape index (κ3) is 3.10. The van der Waals surface area contributed by atoms with Gasteiger partial charge in [0.2, 0.25) is 0 Å². The molecule has 2 heterocycles. The number of hydrogen-bond acceptors (Lipinski definition) is 5. The predicted octanol–water partition coefficient (Wildman–Crippen LogP) is 3.82. The third-order valence-electron chi connectivity index (χ3n) is 4.72. The van der Waals surface area contributed by atoms with Crippen LogP contribution >= 0.6 is 15.9 Å². The monoisotopic (exact) mass is 426 g/mol. The molecule has 2 aromatic rings. The highest BCUT2D eigenvalue weighted by Crippen LogP contribution is 2.46. The van der Waals surface area contributed by atoms with Crippen LogP contribution in [0.15, 0.2) is 64.7 Å². The Morgan fingerprint density at radius 2 is 1.81 bits per heavy atom. The van der Waals surface area contributed by atoms with Crippen molar-refractivity contribution in [3.05, 3.63) is 75.8 Å². The van der Waals surface area contributed by atoms with Crippen molar-refractivity contribution >= 4 is 33.7 Å². The van der Waals surface area contributed by atoms with E-state index in [4.69, 9.17) is 9.47 Å². The molecule has 0 saturated heterocycles. The van der Waals surface area contributed by atoms with Crippen LogP contribution < -0.4 is 4.74 Å². The van der Waals surface area contributed by atoms with Crippen molar-refractivity contribution < 1.29 is 23.9 Å². The Morgan fingerprint density at radius 3 is 2.48 bits per heavy atom. The molecule has 2 aromatic carbocycles. The van der Waals surface area contributed by atoms with Crippen molar-refractivity contribution in [3.63, 3.8) is 0 Å². The molecule has 0 spiro atoms. The van der Waals surface area contributed by atoms with Gasteiger partial charge in [-0.25, -0.2) is 4.79 Å². The van der Waals surface area contributed by atoms with Crippen molar-refractivity contribution in [1.82, 2.24) is 0 Å². The molecule has 3 atom stereocenters. The minimum absolute atomic E-state index is 0.313. The molecule has 5 nitrogen and oxygen atoms in total. The number of esters is 2. The molecule has 4 rings (SSSR count). The van der Waals surface area contributed by atoms with E-state index in [1.165, 1.54) is 0 Å². The normalized spacial score (nSPS) is 23.9. The number of hydrogen-bond donors (Lipinski definition) is 0. The molecule has 0 saturated carbocycles. The van der Waals surface area contributed by atoms with Gasteiger partial charge in [-0.15, -0.1) is 0 Å². The van der Waals surface area contributed by atoms with Gasteiger partial charge in [-0.05, 0) is 31.2 Å². The van der Waals surface area contributed by atoms with Crippen LogP contribution in [-0.2, 0) is 14.3 Å². The second-order valence-electron chi connectivity index (χ2n) is 6.52. The van der Waals surface area contributed by atoms with Crippen LogP contribution in [-0.4, -0.2) is 23.8 Å². The first kappa shape index (κ1) is 17.7. The summed E-state index contributed by atoms with van der Waals surface area (Å²) in [6, 6.07) is 13.7. The van der Waals surface area contributed by atoms with E-state index < -0.39 is 29.9 Å². The Balaban J connectivity index is 1.88. The molecule has 2 aliphatic rings. The van der Waals surface area contributed by atoms with Gasteiger partial charge in [-0.2, -0.15) is 0 Å². The summed E-state index contributed by atoms with van der Waals surface area (Å²) in [7, 11) is 0. The lowest BCUT2D eigenvalue weighted by Gasteiger charge is -2.31. The molecule has 6 heteroatoms. The largest absolute Gasteiger partial charge is 0.455 e. The Labute approximate surface area is 164 Å². The lowest BCUT2D eigenvalue weighted by atomic mass is 9.75. The fourth-order valence-corrected chi connectivity index (χ4v) is 3.93. The summed E-state index contributed by atoms with van der Waals surface area (Å²) in [5, 5.41) is 0. The molecule has 0 radical (unpaired) electrons. The number of ketones is 1. The molecule has 2 aliphatic heterocycles. The van der Waals surface area contributed by atoms with Crippen LogP contribution in [0.1, 0.15) is 28.8 Å². The van der Waals surface area contributed by atoms with Crippen LogP contribution in [0, 0.1) is 5.92 Å². The molecule has 0 aliphatic carbocycles. The zero-order valence-electron chi connectivity index (χ0n) is 14.3. The van der Waals surface area contributed by atoms with Crippen LogP contribution in [0.4, 0.5) is 0 Å². The molecule has 0 aromatic heterocycles. The van der Waals surface area contributed by atoms with Gasteiger partial charge in [0, 0.05) is 27.1 Å². The van der Waals surface area contributed by atoms with E-state index in [0.29, 0.717) is 22.4 Å². The SMILES string of the molecule is C[C@H]1C=C([C@H]2c3cc(Br)ccc3OC(=O)[C@@H]2C(=O)c2ccccc2)C(=O)O1. The number of ether oxygens (including phenoxy) is 2. The number of benzene rings is 2. The fraction of sp³-hybridized carbons (Fsp3) is 0.190. The van der Waals surface area contributed by atoms with E-state index in [2.05, 4.69) is 15.9 Å². The quantitative estimate of drug-likeness (QED) is 0.323. The molecule has 27 heavy (non-hydrogen) atoms. The molecule has 0 amide bonds. The average molecular weight is 427 g/mol. The van der Waals surface area contributed by atoms with Gasteiger partial charge in [0.05, 0.1) is 0 Å². The van der Waals surface area contributed by atoms with Gasteiger partial charge in [0.15, 0.2) is 5.78 Å². The molecular weight excluding hydrogens is 412 g/mol. The van der Waals surface area contributed by atoms with Crippen molar-refractivity contribution in [2.75, 3.05) is 0 Å². The number of carbonyl (C=O) groups excluding carboxylic acids is 3. The van der Waals surface area contributed by atoms with Gasteiger partial charge in [0.25, 0.3) is 0 Å². The predicted molar refractivity (Wildman–Crippen MR) is 100 cm³/mol. The van der Waals surface area contributed by atoms with Crippen molar-refractivity contribution in [2.24, 2.45) is 5.92 Å². The van der Waals surface area contributed by atoms with Crippen LogP contribution in [0.5, 0.6) is 5.75 Å². The topological polar surface area (TPSA) is 69.7 Å². The maximum Gasteiger partial charge on any atom is 0.335 e. The average Bonchev–Trinajstić information content (AvgIpc) is 2.99. The van der Waals surface area contributed by atoms with Gasteiger partial charge >= 0.3 is 11.9 Å². The maximum absolute atomic E-state index is 13.2. The Hall–Kier alpha value is -2.73. The number of Topliss-reactive ketones (excluding diaryl/α,β-unsaturated/α-hetero) is 1. The van der Waals surface area contributed by atoms with Crippen LogP contribution in [0.3, 0.4) is 0 Å². The molecule has 0 bridgehead atoms. The summed E-state index contributed by atoms with van der Waals surface area (Å²) in [6.45, 7) is 1.74. The Kier molecular flexibility index (Phi) is 4.44. The van der Waals surface area contributed by atoms with E-state index >= 15 is 0 Å². The number of rotatable bonds is 3. The second kappa shape index (κ2) is 6.78. The number of carbonyl (C=O) groups is 3. The first-order chi connectivity index (χ1) is 13.0. The first-order valence-electron chi connectivity index (χ1n) is 8.49. The van der Waals surface area contributed by atoms with Gasteiger partial charge in [-0.3, -0.25) is 9.59 Å². The molecule has 0 unspecified atom stereocenters. The molecule has 0 fully saturated rings. The van der Waals surface area contributed by atoms with Crippen molar-refractivity contribution in [3.8, 4) is 5.75 Å². The number of cyclic esters (lactones) is 1. The lowest BCUT2D eigenvalue weighted by Crippen LogP contribution is -2.39. The van der Waals surface area contributed by atoms with Gasteiger partial charge in [0.1, 0.15) is 17.8 Å².